The quantitative estimate of drug-likeness (QED) is 0.150. The Morgan fingerprint density at radius 1 is 1.22 bits per heavy atom. The molecule has 1 aromatic rings. The van der Waals surface area contributed by atoms with E-state index >= 15 is 0 Å². The summed E-state index contributed by atoms with van der Waals surface area (Å²) in [5, 5.41) is 10.5. The standard InChI is InChI=1S/C12H18N3O14P3/c1-2-5-25-10-7(6-26-31(21,22)29-32(23,24)28-30(18,19)20)27-11(9(10)16)15-4-3-8(13)14-12(15)17/h1,3-4,7,9-11,16H,5-6H2,(H,21,22)(H,23,24)(H2,13,14,17)(H2,18,19,20)/t7-,9-,10-,11-/m1/s1. The molecule has 0 radical (unpaired) electrons. The van der Waals surface area contributed by atoms with Gasteiger partial charge in [-0.15, -0.1) is 6.42 Å². The maximum Gasteiger partial charge on any atom is 0.490 e. The lowest BCUT2D eigenvalue weighted by Gasteiger charge is -2.21. The first-order valence-corrected chi connectivity index (χ1v) is 12.7. The molecule has 1 aromatic heterocycles. The largest absolute Gasteiger partial charge is 0.490 e. The van der Waals surface area contributed by atoms with Gasteiger partial charge < -0.3 is 39.9 Å². The van der Waals surface area contributed by atoms with E-state index in [0.29, 0.717) is 0 Å². The maximum atomic E-state index is 12.0. The molecule has 1 aliphatic rings. The van der Waals surface area contributed by atoms with E-state index in [1.54, 1.807) is 0 Å². The highest BCUT2D eigenvalue weighted by molar-refractivity contribution is 7.66. The van der Waals surface area contributed by atoms with E-state index in [1.807, 2.05) is 0 Å². The maximum absolute atomic E-state index is 12.0. The van der Waals surface area contributed by atoms with Crippen LogP contribution in [0.1, 0.15) is 6.23 Å². The number of nitrogens with two attached hydrogens (primary N) is 1. The van der Waals surface area contributed by atoms with Gasteiger partial charge >= 0.3 is 29.2 Å². The zero-order valence-electron chi connectivity index (χ0n) is 15.7. The predicted octanol–water partition coefficient (Wildman–Crippen LogP) is -1.55. The lowest BCUT2D eigenvalue weighted by molar-refractivity contribution is -0.0576. The van der Waals surface area contributed by atoms with E-state index in [0.717, 1.165) is 10.8 Å². The molecule has 0 aromatic carbocycles. The number of aliphatic hydroxyl groups excluding tert-OH is 1. The molecule has 0 amide bonds. The summed E-state index contributed by atoms with van der Waals surface area (Å²) in [5.41, 5.74) is 4.49. The topological polar surface area (TPSA) is 259 Å². The molecular formula is C12H18N3O14P3. The molecule has 32 heavy (non-hydrogen) atoms. The van der Waals surface area contributed by atoms with Crippen LogP contribution in [-0.2, 0) is 36.3 Å². The van der Waals surface area contributed by atoms with Crippen molar-refractivity contribution < 1.29 is 61.0 Å². The van der Waals surface area contributed by atoms with Crippen molar-refractivity contribution in [3.05, 3.63) is 22.7 Å². The third-order valence-corrected chi connectivity index (χ3v) is 7.41. The number of hydrogen-bond donors (Lipinski definition) is 6. The SMILES string of the molecule is C#CCO[C@H]1[C@@H](O)[C@H](n2ccc(N)nc2=O)O[C@@H]1COP(=O)(O)OP(=O)(O)OP(=O)(O)O. The molecule has 1 aliphatic heterocycles. The molecule has 1 saturated heterocycles. The van der Waals surface area contributed by atoms with Gasteiger partial charge in [0.05, 0.1) is 6.61 Å². The molecule has 2 unspecified atom stereocenters. The fraction of sp³-hybridized carbons (Fsp3) is 0.500. The minimum Gasteiger partial charge on any atom is -0.386 e. The number of nitrogen functional groups attached to an aromatic ring is 1. The van der Waals surface area contributed by atoms with Gasteiger partial charge in [-0.2, -0.15) is 13.6 Å². The molecule has 7 N–H and O–H groups in total. The predicted molar refractivity (Wildman–Crippen MR) is 101 cm³/mol. The third kappa shape index (κ3) is 7.55. The van der Waals surface area contributed by atoms with E-state index < -0.39 is 60.3 Å². The number of nitrogens with zero attached hydrogens (tertiary/aromatic N) is 2. The first-order chi connectivity index (χ1) is 14.6. The average Bonchev–Trinajstić information content (AvgIpc) is 2.91. The molecule has 0 bridgehead atoms. The highest BCUT2D eigenvalue weighted by atomic mass is 31.3. The second kappa shape index (κ2) is 10.2. The number of rotatable bonds is 10. The molecule has 2 heterocycles. The van der Waals surface area contributed by atoms with E-state index in [9.17, 15) is 28.5 Å². The van der Waals surface area contributed by atoms with Crippen molar-refractivity contribution in [3.63, 3.8) is 0 Å². The van der Waals surface area contributed by atoms with E-state index in [-0.39, 0.29) is 12.4 Å². The van der Waals surface area contributed by atoms with Gasteiger partial charge in [0.2, 0.25) is 0 Å². The summed E-state index contributed by atoms with van der Waals surface area (Å²) in [4.78, 5) is 51.3. The van der Waals surface area contributed by atoms with Crippen molar-refractivity contribution in [2.75, 3.05) is 18.9 Å². The Balaban J connectivity index is 2.16. The minimum absolute atomic E-state index is 0.108. The monoisotopic (exact) mass is 521 g/mol. The van der Waals surface area contributed by atoms with Crippen LogP contribution in [0.2, 0.25) is 0 Å². The molecular weight excluding hydrogens is 503 g/mol. The first-order valence-electron chi connectivity index (χ1n) is 8.16. The number of terminal acetylenes is 1. The van der Waals surface area contributed by atoms with Crippen molar-refractivity contribution in [2.24, 2.45) is 0 Å². The number of ether oxygens (including phenoxy) is 2. The van der Waals surface area contributed by atoms with Crippen molar-refractivity contribution in [2.45, 2.75) is 24.5 Å². The summed E-state index contributed by atoms with van der Waals surface area (Å²) in [6, 6.07) is 1.23. The summed E-state index contributed by atoms with van der Waals surface area (Å²) < 4.78 is 57.1. The lowest BCUT2D eigenvalue weighted by Crippen LogP contribution is -2.38. The smallest absolute Gasteiger partial charge is 0.386 e. The summed E-state index contributed by atoms with van der Waals surface area (Å²) in [6.07, 6.45) is 0.544. The lowest BCUT2D eigenvalue weighted by atomic mass is 10.1. The minimum atomic E-state index is -5.73. The van der Waals surface area contributed by atoms with E-state index in [2.05, 4.69) is 24.0 Å². The van der Waals surface area contributed by atoms with Crippen LogP contribution >= 0.6 is 23.5 Å². The van der Waals surface area contributed by atoms with Crippen LogP contribution < -0.4 is 11.4 Å². The van der Waals surface area contributed by atoms with Crippen molar-refractivity contribution in [3.8, 4) is 12.3 Å². The Morgan fingerprint density at radius 2 is 1.88 bits per heavy atom. The van der Waals surface area contributed by atoms with Crippen molar-refractivity contribution >= 4 is 29.3 Å². The molecule has 17 nitrogen and oxygen atoms in total. The van der Waals surface area contributed by atoms with Gasteiger partial charge in [0.25, 0.3) is 0 Å². The Hall–Kier alpha value is -1.47. The van der Waals surface area contributed by atoms with Crippen LogP contribution in [0.25, 0.3) is 0 Å². The van der Waals surface area contributed by atoms with Gasteiger partial charge in [0.1, 0.15) is 30.7 Å². The van der Waals surface area contributed by atoms with Crippen LogP contribution in [-0.4, -0.2) is 65.8 Å². The van der Waals surface area contributed by atoms with Gasteiger partial charge in [-0.1, -0.05) is 5.92 Å². The number of aliphatic hydroxyl groups is 1. The highest BCUT2D eigenvalue weighted by Gasteiger charge is 2.48. The Morgan fingerprint density at radius 3 is 2.44 bits per heavy atom. The summed E-state index contributed by atoms with van der Waals surface area (Å²) >= 11 is 0. The Bertz CT molecular complexity index is 1070. The summed E-state index contributed by atoms with van der Waals surface area (Å²) in [6.45, 7) is -1.29. The van der Waals surface area contributed by atoms with E-state index in [4.69, 9.17) is 36.3 Å². The number of anilines is 1. The number of hydrogen-bond acceptors (Lipinski definition) is 12. The van der Waals surface area contributed by atoms with Crippen LogP contribution in [0.3, 0.4) is 0 Å². The van der Waals surface area contributed by atoms with Crippen molar-refractivity contribution in [1.82, 2.24) is 9.55 Å². The van der Waals surface area contributed by atoms with Gasteiger partial charge in [-0.25, -0.2) is 18.5 Å². The van der Waals surface area contributed by atoms with Gasteiger partial charge in [-0.3, -0.25) is 9.09 Å². The van der Waals surface area contributed by atoms with Gasteiger partial charge in [-0.05, 0) is 6.07 Å². The zero-order valence-corrected chi connectivity index (χ0v) is 18.4. The molecule has 6 atom stereocenters. The van der Waals surface area contributed by atoms with Crippen LogP contribution in [0.15, 0.2) is 17.1 Å². The van der Waals surface area contributed by atoms with Crippen LogP contribution in [0, 0.1) is 12.3 Å². The molecule has 0 saturated carbocycles. The first kappa shape index (κ1) is 26.8. The Kier molecular flexibility index (Phi) is 8.54. The fourth-order valence-corrected chi connectivity index (χ4v) is 5.55. The van der Waals surface area contributed by atoms with Gasteiger partial charge in [0.15, 0.2) is 6.23 Å². The third-order valence-electron chi connectivity index (χ3n) is 3.61. The van der Waals surface area contributed by atoms with Crippen LogP contribution in [0.5, 0.6) is 0 Å². The fourth-order valence-electron chi connectivity index (χ4n) is 2.52. The van der Waals surface area contributed by atoms with E-state index in [1.165, 1.54) is 6.07 Å². The van der Waals surface area contributed by atoms with Crippen molar-refractivity contribution in [1.29, 1.82) is 0 Å². The second-order valence-corrected chi connectivity index (χ2v) is 10.4. The molecule has 0 spiro atoms. The summed E-state index contributed by atoms with van der Waals surface area (Å²) in [7, 11) is -16.8. The summed E-state index contributed by atoms with van der Waals surface area (Å²) in [5.74, 6) is 2.01. The second-order valence-electron chi connectivity index (χ2n) is 5.96. The molecule has 20 heteroatoms. The number of aromatic nitrogens is 2. The molecule has 0 aliphatic carbocycles. The molecule has 180 valence electrons. The van der Waals surface area contributed by atoms with Crippen LogP contribution in [0.4, 0.5) is 5.82 Å². The molecule has 1 fully saturated rings. The number of phosphoric acid groups is 3. The molecule has 2 rings (SSSR count). The highest BCUT2D eigenvalue weighted by Crippen LogP contribution is 2.66. The average molecular weight is 521 g/mol. The number of phosphoric ester groups is 1. The van der Waals surface area contributed by atoms with Gasteiger partial charge in [0, 0.05) is 6.20 Å². The normalized spacial score (nSPS) is 27.4. The Labute approximate surface area is 179 Å². The zero-order chi connectivity index (χ0) is 24.3.